The summed E-state index contributed by atoms with van der Waals surface area (Å²) in [6.45, 7) is 2.19. The number of nitrogens with one attached hydrogen (secondary N) is 1. The smallest absolute Gasteiger partial charge is 0.0992 e. The standard InChI is InChI=1S/C11H11BrN2/c1-11(2-3-11)14-10-5-8(7-13)4-9(12)6-10/h4-6,14H,2-3H2,1H3. The van der Waals surface area contributed by atoms with Gasteiger partial charge in [-0.25, -0.2) is 0 Å². The van der Waals surface area contributed by atoms with E-state index in [0.717, 1.165) is 10.2 Å². The molecule has 1 fully saturated rings. The number of anilines is 1. The number of halogens is 1. The molecule has 0 atom stereocenters. The van der Waals surface area contributed by atoms with Crippen LogP contribution >= 0.6 is 15.9 Å². The Morgan fingerprint density at radius 2 is 2.14 bits per heavy atom. The van der Waals surface area contributed by atoms with Crippen LogP contribution in [0.25, 0.3) is 0 Å². The van der Waals surface area contributed by atoms with Crippen LogP contribution in [0.5, 0.6) is 0 Å². The molecule has 0 radical (unpaired) electrons. The molecule has 0 bridgehead atoms. The highest BCUT2D eigenvalue weighted by Crippen LogP contribution is 2.38. The molecule has 1 N–H and O–H groups in total. The summed E-state index contributed by atoms with van der Waals surface area (Å²) >= 11 is 3.39. The topological polar surface area (TPSA) is 35.8 Å². The number of nitriles is 1. The Bertz CT molecular complexity index is 402. The maximum Gasteiger partial charge on any atom is 0.0992 e. The van der Waals surface area contributed by atoms with E-state index in [0.29, 0.717) is 5.56 Å². The fourth-order valence-corrected chi connectivity index (χ4v) is 1.88. The lowest BCUT2D eigenvalue weighted by molar-refractivity contribution is 0.829. The summed E-state index contributed by atoms with van der Waals surface area (Å²) in [6, 6.07) is 7.85. The van der Waals surface area contributed by atoms with Gasteiger partial charge in [-0.1, -0.05) is 15.9 Å². The maximum absolute atomic E-state index is 8.80. The monoisotopic (exact) mass is 250 g/mol. The van der Waals surface area contributed by atoms with Crippen LogP contribution in [0.2, 0.25) is 0 Å². The average molecular weight is 251 g/mol. The predicted molar refractivity (Wildman–Crippen MR) is 60.1 cm³/mol. The van der Waals surface area contributed by atoms with Crippen molar-refractivity contribution >= 4 is 21.6 Å². The molecule has 72 valence electrons. The Hall–Kier alpha value is -1.01. The molecule has 3 heteroatoms. The van der Waals surface area contributed by atoms with Crippen molar-refractivity contribution in [1.29, 1.82) is 5.26 Å². The van der Waals surface area contributed by atoms with Gasteiger partial charge in [0.25, 0.3) is 0 Å². The third-order valence-electron chi connectivity index (χ3n) is 2.47. The first kappa shape index (κ1) is 9.54. The largest absolute Gasteiger partial charge is 0.380 e. The highest BCUT2D eigenvalue weighted by molar-refractivity contribution is 9.10. The molecule has 0 saturated heterocycles. The zero-order chi connectivity index (χ0) is 10.2. The summed E-state index contributed by atoms with van der Waals surface area (Å²) < 4.78 is 0.948. The molecular formula is C11H11BrN2. The summed E-state index contributed by atoms with van der Waals surface area (Å²) in [6.07, 6.45) is 2.42. The Kier molecular flexibility index (Phi) is 2.24. The van der Waals surface area contributed by atoms with Gasteiger partial charge in [0, 0.05) is 15.7 Å². The summed E-state index contributed by atoms with van der Waals surface area (Å²) in [5.74, 6) is 0. The van der Waals surface area contributed by atoms with Crippen LogP contribution in [0.15, 0.2) is 22.7 Å². The quantitative estimate of drug-likeness (QED) is 0.875. The van der Waals surface area contributed by atoms with E-state index in [4.69, 9.17) is 5.26 Å². The summed E-state index contributed by atoms with van der Waals surface area (Å²) in [4.78, 5) is 0. The van der Waals surface area contributed by atoms with Crippen molar-refractivity contribution in [1.82, 2.24) is 0 Å². The lowest BCUT2D eigenvalue weighted by Gasteiger charge is -2.13. The first-order valence-electron chi connectivity index (χ1n) is 4.60. The molecule has 1 saturated carbocycles. The first-order valence-corrected chi connectivity index (χ1v) is 5.39. The second kappa shape index (κ2) is 3.29. The third kappa shape index (κ3) is 2.08. The fraction of sp³-hybridized carbons (Fsp3) is 0.364. The molecule has 1 aliphatic carbocycles. The molecule has 0 aliphatic heterocycles. The average Bonchev–Trinajstić information content (AvgIpc) is 2.82. The number of rotatable bonds is 2. The van der Waals surface area contributed by atoms with E-state index in [1.54, 1.807) is 0 Å². The van der Waals surface area contributed by atoms with Crippen LogP contribution in [0.3, 0.4) is 0 Å². The predicted octanol–water partition coefficient (Wildman–Crippen LogP) is 3.29. The Morgan fingerprint density at radius 3 is 2.71 bits per heavy atom. The van der Waals surface area contributed by atoms with Crippen molar-refractivity contribution < 1.29 is 0 Å². The highest BCUT2D eigenvalue weighted by Gasteiger charge is 2.36. The Morgan fingerprint density at radius 1 is 1.43 bits per heavy atom. The van der Waals surface area contributed by atoms with Gasteiger partial charge in [-0.05, 0) is 38.0 Å². The van der Waals surface area contributed by atoms with Crippen molar-refractivity contribution in [3.8, 4) is 6.07 Å². The normalized spacial score (nSPS) is 17.2. The van der Waals surface area contributed by atoms with Crippen LogP contribution in [0.1, 0.15) is 25.3 Å². The molecule has 0 amide bonds. The molecule has 0 unspecified atom stereocenters. The van der Waals surface area contributed by atoms with E-state index >= 15 is 0 Å². The van der Waals surface area contributed by atoms with Gasteiger partial charge in [-0.15, -0.1) is 0 Å². The van der Waals surface area contributed by atoms with Crippen molar-refractivity contribution in [2.45, 2.75) is 25.3 Å². The molecule has 1 aromatic carbocycles. The van der Waals surface area contributed by atoms with Crippen molar-refractivity contribution in [3.05, 3.63) is 28.2 Å². The number of hydrogen-bond donors (Lipinski definition) is 1. The number of hydrogen-bond acceptors (Lipinski definition) is 2. The Labute approximate surface area is 92.1 Å². The van der Waals surface area contributed by atoms with Gasteiger partial charge in [-0.3, -0.25) is 0 Å². The highest BCUT2D eigenvalue weighted by atomic mass is 79.9. The van der Waals surface area contributed by atoms with E-state index in [1.165, 1.54) is 12.8 Å². The second-order valence-corrected chi connectivity index (χ2v) is 4.94. The van der Waals surface area contributed by atoms with Gasteiger partial charge in [0.05, 0.1) is 11.6 Å². The zero-order valence-corrected chi connectivity index (χ0v) is 9.56. The minimum Gasteiger partial charge on any atom is -0.380 e. The van der Waals surface area contributed by atoms with Crippen molar-refractivity contribution in [3.63, 3.8) is 0 Å². The molecule has 2 rings (SSSR count). The van der Waals surface area contributed by atoms with Crippen LogP contribution in [-0.2, 0) is 0 Å². The van der Waals surface area contributed by atoms with E-state index in [2.05, 4.69) is 34.2 Å². The van der Waals surface area contributed by atoms with Gasteiger partial charge < -0.3 is 5.32 Å². The molecule has 2 nitrogen and oxygen atoms in total. The van der Waals surface area contributed by atoms with Gasteiger partial charge in [-0.2, -0.15) is 5.26 Å². The first-order chi connectivity index (χ1) is 6.61. The Balaban J connectivity index is 2.25. The van der Waals surface area contributed by atoms with E-state index in [9.17, 15) is 0 Å². The van der Waals surface area contributed by atoms with Gasteiger partial charge in [0.1, 0.15) is 0 Å². The number of nitrogens with zero attached hydrogens (tertiary/aromatic N) is 1. The minimum atomic E-state index is 0.257. The lowest BCUT2D eigenvalue weighted by Crippen LogP contribution is -2.15. The van der Waals surface area contributed by atoms with Crippen LogP contribution < -0.4 is 5.32 Å². The molecule has 0 aromatic heterocycles. The second-order valence-electron chi connectivity index (χ2n) is 4.03. The van der Waals surface area contributed by atoms with Gasteiger partial charge in [0.15, 0.2) is 0 Å². The van der Waals surface area contributed by atoms with Crippen LogP contribution in [0.4, 0.5) is 5.69 Å². The summed E-state index contributed by atoms with van der Waals surface area (Å²) in [7, 11) is 0. The molecular weight excluding hydrogens is 240 g/mol. The number of benzene rings is 1. The van der Waals surface area contributed by atoms with Gasteiger partial charge >= 0.3 is 0 Å². The molecule has 14 heavy (non-hydrogen) atoms. The lowest BCUT2D eigenvalue weighted by atomic mass is 10.2. The molecule has 1 aliphatic rings. The minimum absolute atomic E-state index is 0.257. The van der Waals surface area contributed by atoms with Gasteiger partial charge in [0.2, 0.25) is 0 Å². The fourth-order valence-electron chi connectivity index (χ4n) is 1.39. The maximum atomic E-state index is 8.80. The van der Waals surface area contributed by atoms with E-state index in [1.807, 2.05) is 18.2 Å². The SMILES string of the molecule is CC1(Nc2cc(Br)cc(C#N)c2)CC1. The van der Waals surface area contributed by atoms with E-state index in [-0.39, 0.29) is 5.54 Å². The van der Waals surface area contributed by atoms with Crippen molar-refractivity contribution in [2.24, 2.45) is 0 Å². The molecule has 1 aromatic rings. The summed E-state index contributed by atoms with van der Waals surface area (Å²) in [5.41, 5.74) is 1.97. The zero-order valence-electron chi connectivity index (χ0n) is 7.97. The molecule has 0 spiro atoms. The third-order valence-corrected chi connectivity index (χ3v) is 2.93. The van der Waals surface area contributed by atoms with Crippen LogP contribution in [0, 0.1) is 11.3 Å². The molecule has 0 heterocycles. The van der Waals surface area contributed by atoms with E-state index < -0.39 is 0 Å². The summed E-state index contributed by atoms with van der Waals surface area (Å²) in [5, 5.41) is 12.2. The van der Waals surface area contributed by atoms with Crippen molar-refractivity contribution in [2.75, 3.05) is 5.32 Å². The van der Waals surface area contributed by atoms with Crippen LogP contribution in [-0.4, -0.2) is 5.54 Å².